The Morgan fingerprint density at radius 3 is 1.99 bits per heavy atom. The molecule has 3 unspecified atom stereocenters. The number of primary amides is 6. The topological polar surface area (TPSA) is 460 Å². The van der Waals surface area contributed by atoms with Gasteiger partial charge in [-0.3, -0.25) is 57.6 Å². The van der Waals surface area contributed by atoms with Crippen LogP contribution >= 0.6 is 7.82 Å². The third kappa shape index (κ3) is 13.0. The Morgan fingerprint density at radius 2 is 1.40 bits per heavy atom. The molecule has 2 aromatic rings. The molecule has 6 aliphatic heterocycles. The van der Waals surface area contributed by atoms with Crippen LogP contribution in [0, 0.1) is 59.2 Å². The summed E-state index contributed by atoms with van der Waals surface area (Å²) >= 11 is 0. The Labute approximate surface area is 523 Å². The number of carbonyl (C=O) groups excluding carboxylic acids is 7. The van der Waals surface area contributed by atoms with Gasteiger partial charge in [0.1, 0.15) is 18.3 Å². The molecule has 0 aliphatic carbocycles. The number of phosphoric acid groups is 1. The van der Waals surface area contributed by atoms with Crippen molar-refractivity contribution in [1.82, 2.24) is 20.2 Å². The molecule has 17 N–H and O–H groups in total. The van der Waals surface area contributed by atoms with Crippen LogP contribution in [0.3, 0.4) is 0 Å². The number of allylic oxidation sites excluding steroid dienone is 6. The van der Waals surface area contributed by atoms with Gasteiger partial charge < -0.3 is 69.4 Å². The number of benzene rings is 1. The lowest BCUT2D eigenvalue weighted by Gasteiger charge is -2.48. The summed E-state index contributed by atoms with van der Waals surface area (Å²) in [5.74, 6) is -7.18. The van der Waals surface area contributed by atoms with Gasteiger partial charge in [0.15, 0.2) is 6.23 Å². The molecule has 90 heavy (non-hydrogen) atoms. The minimum atomic E-state index is -5.07. The number of rotatable bonds is 26. The molecule has 2 saturated heterocycles. The third-order valence-corrected chi connectivity index (χ3v) is 21.7. The van der Waals surface area contributed by atoms with Gasteiger partial charge in [0.2, 0.25) is 41.4 Å². The van der Waals surface area contributed by atoms with Crippen molar-refractivity contribution in [1.29, 1.82) is 0 Å². The quantitative estimate of drug-likeness (QED) is 0.0603. The van der Waals surface area contributed by atoms with Crippen LogP contribution in [0.5, 0.6) is 0 Å². The van der Waals surface area contributed by atoms with Crippen LogP contribution < -0.4 is 45.0 Å². The van der Waals surface area contributed by atoms with Gasteiger partial charge in [-0.2, -0.15) is 0 Å². The standard InChI is InChI=1S/C62H90N13O14P/c1-29-20-39-40(21-30(29)2)75(28-70-39)57-52(84)53(41(27-76)87-57)89-90(85,86)88-31(3)26-69-49(83)18-19-59(8)37(22-46(66)80)56-62(11)61(10,25-48(68)82)36(14-17-45(65)79)51(74-62)33(5)55-60(9,24-47(67)81)34(12-15-43(63)77)38(71-55)23-42-58(6,7)35(13-16-44(64)78)50(72-42)32(4)54(59)73-56/h20-21,23,28,31,34-37,41,52-53,56-57,71,76,84H,12-19,22,24-27H2,1-11H3,(H2,63,77)(H2,64,78)(H2,65,79)(H2,66,80)(H2,67,81)(H2,68,82)(H,69,83)(H,85,86)/b38-23?,50-32?,55-33-/t31-,34+,35+,36+,37-,41+,52?,53?,56+,57-,59+,60-,61-,62-/m0/s1. The fraction of sp³-hybridized carbons (Fsp3) is 0.629. The lowest BCUT2D eigenvalue weighted by Crippen LogP contribution is -2.56. The van der Waals surface area contributed by atoms with Crippen molar-refractivity contribution < 1.29 is 67.0 Å². The summed E-state index contributed by atoms with van der Waals surface area (Å²) in [5, 5.41) is 28.2. The van der Waals surface area contributed by atoms with Gasteiger partial charge in [-0.1, -0.05) is 34.6 Å². The number of amides is 7. The number of aliphatic hydroxyl groups is 2. The number of hydrogen-bond donors (Lipinski definition) is 11. The number of aromatic nitrogens is 2. The summed E-state index contributed by atoms with van der Waals surface area (Å²) in [5.41, 5.74) is 37.4. The number of nitrogens with two attached hydrogens (primary N) is 6. The van der Waals surface area contributed by atoms with E-state index < -0.39 is 143 Å². The summed E-state index contributed by atoms with van der Waals surface area (Å²) < 4.78 is 32.3. The minimum Gasteiger partial charge on any atom is -0.394 e. The molecule has 0 radical (unpaired) electrons. The van der Waals surface area contributed by atoms with Crippen molar-refractivity contribution in [3.05, 3.63) is 63.9 Å². The Kier molecular flexibility index (Phi) is 19.6. The van der Waals surface area contributed by atoms with Crippen LogP contribution in [-0.2, 0) is 51.9 Å². The fourth-order valence-corrected chi connectivity index (χ4v) is 16.6. The predicted molar refractivity (Wildman–Crippen MR) is 334 cm³/mol. The number of aliphatic hydroxyl groups excluding tert-OH is 2. The first-order valence-corrected chi connectivity index (χ1v) is 32.1. The first-order chi connectivity index (χ1) is 41.8. The molecule has 1 aromatic carbocycles. The maximum Gasteiger partial charge on any atom is 0.472 e. The highest BCUT2D eigenvalue weighted by molar-refractivity contribution is 7.47. The highest BCUT2D eigenvalue weighted by atomic mass is 31.2. The molecule has 8 rings (SSSR count). The van der Waals surface area contributed by atoms with E-state index in [1.807, 2.05) is 87.4 Å². The van der Waals surface area contributed by atoms with Gasteiger partial charge >= 0.3 is 7.82 Å². The summed E-state index contributed by atoms with van der Waals surface area (Å²) in [4.78, 5) is 126. The van der Waals surface area contributed by atoms with Gasteiger partial charge in [0, 0.05) is 131 Å². The van der Waals surface area contributed by atoms with E-state index in [0.29, 0.717) is 56.4 Å². The second-order valence-electron chi connectivity index (χ2n) is 27.1. The Morgan fingerprint density at radius 1 is 0.800 bits per heavy atom. The second-order valence-corrected chi connectivity index (χ2v) is 28.4. The van der Waals surface area contributed by atoms with E-state index in [1.54, 1.807) is 4.57 Å². The van der Waals surface area contributed by atoms with Crippen molar-refractivity contribution >= 4 is 77.3 Å². The van der Waals surface area contributed by atoms with Gasteiger partial charge in [0.25, 0.3) is 0 Å². The summed E-state index contributed by atoms with van der Waals surface area (Å²) in [6, 6.07) is 2.70. The molecule has 1 aromatic heterocycles. The van der Waals surface area contributed by atoms with Crippen molar-refractivity contribution in [2.75, 3.05) is 13.2 Å². The number of aryl methyl sites for hydroxylation is 2. The molecular formula is C62H90N13O14P. The lowest BCUT2D eigenvalue weighted by atomic mass is 9.55. The molecule has 28 heteroatoms. The van der Waals surface area contributed by atoms with E-state index >= 15 is 0 Å². The maximum atomic E-state index is 14.4. The molecule has 7 heterocycles. The normalized spacial score (nSPS) is 32.8. The van der Waals surface area contributed by atoms with Gasteiger partial charge in [-0.15, -0.1) is 0 Å². The van der Waals surface area contributed by atoms with Crippen LogP contribution in [0.1, 0.15) is 150 Å². The number of imidazole rings is 1. The number of ether oxygens (including phenoxy) is 1. The van der Waals surface area contributed by atoms with Crippen LogP contribution in [0.25, 0.3) is 11.0 Å². The van der Waals surface area contributed by atoms with Crippen molar-refractivity contribution in [2.45, 2.75) is 189 Å². The largest absolute Gasteiger partial charge is 0.472 e. The van der Waals surface area contributed by atoms with E-state index in [2.05, 4.69) is 15.6 Å². The van der Waals surface area contributed by atoms with Crippen molar-refractivity contribution in [2.24, 2.45) is 94.7 Å². The molecule has 27 nitrogen and oxygen atoms in total. The van der Waals surface area contributed by atoms with Gasteiger partial charge in [-0.25, -0.2) is 9.55 Å². The first-order valence-electron chi connectivity index (χ1n) is 30.6. The molecule has 7 amide bonds. The first kappa shape index (κ1) is 68.9. The predicted octanol–water partition coefficient (Wildman–Crippen LogP) is 3.16. The molecule has 492 valence electrons. The van der Waals surface area contributed by atoms with Crippen LogP contribution in [0.15, 0.2) is 67.8 Å². The van der Waals surface area contributed by atoms with Crippen molar-refractivity contribution in [3.63, 3.8) is 0 Å². The Bertz CT molecular complexity index is 3540. The molecular weight excluding hydrogens is 1180 g/mol. The molecule has 0 saturated carbocycles. The van der Waals surface area contributed by atoms with E-state index in [1.165, 1.54) is 13.3 Å². The molecule has 0 spiro atoms. The monoisotopic (exact) mass is 1270 g/mol. The average Bonchev–Trinajstić information content (AvgIpc) is 1.53. The summed E-state index contributed by atoms with van der Waals surface area (Å²) in [7, 11) is -5.07. The number of fused-ring (bicyclic) bond motifs is 7. The van der Waals surface area contributed by atoms with E-state index in [-0.39, 0.29) is 77.2 Å². The highest BCUT2D eigenvalue weighted by Crippen LogP contribution is 2.63. The third-order valence-electron chi connectivity index (χ3n) is 20.6. The smallest absolute Gasteiger partial charge is 0.394 e. The molecule has 15 atom stereocenters. The highest BCUT2D eigenvalue weighted by Gasteiger charge is 2.66. The zero-order valence-corrected chi connectivity index (χ0v) is 54.1. The average molecular weight is 1270 g/mol. The van der Waals surface area contributed by atoms with Crippen LogP contribution in [0.4, 0.5) is 0 Å². The zero-order valence-electron chi connectivity index (χ0n) is 53.3. The van der Waals surface area contributed by atoms with Crippen molar-refractivity contribution in [3.8, 4) is 0 Å². The lowest BCUT2D eigenvalue weighted by molar-refractivity contribution is -0.124. The van der Waals surface area contributed by atoms with E-state index in [4.69, 9.17) is 63.2 Å². The number of aliphatic imine (C=N–C) groups is 3. The van der Waals surface area contributed by atoms with Gasteiger partial charge in [-0.05, 0) is 108 Å². The summed E-state index contributed by atoms with van der Waals surface area (Å²) in [6.45, 7) is 19.3. The number of phosphoric ester groups is 1. The van der Waals surface area contributed by atoms with E-state index in [9.17, 15) is 53.2 Å². The van der Waals surface area contributed by atoms with Crippen LogP contribution in [0.2, 0.25) is 0 Å². The molecule has 2 fully saturated rings. The zero-order chi connectivity index (χ0) is 66.7. The Balaban J connectivity index is 1.19. The van der Waals surface area contributed by atoms with Gasteiger partial charge in [0.05, 0.1) is 41.7 Å². The number of hydrogen-bond acceptors (Lipinski definition) is 18. The number of carbonyl (C=O) groups is 7. The SMILES string of the molecule is CC1=C2N=C(C=C3N/C(=C(/C)C4=N[C@@](C)([C@@H]5N=C1[C@](C)(CCC(=O)NC[C@H](C)OP(=O)(O)OC1C(O)[C@@H](n6cnc7cc(C)c(C)cc76)O[C@@H]1CO)[C@H]5CC(N)=O)[C@@](C)(CC(N)=O)[C@@H]4CCC(N)=O)[C@@](C)(CC(N)=O)[C@@H]3CCC(N)=O)C(C)(C)[C@@H]2CCC(N)=O. The number of nitrogens with zero attached hydrogens (tertiary/aromatic N) is 5. The Hall–Kier alpha value is -7.00. The van der Waals surface area contributed by atoms with E-state index in [0.717, 1.165) is 11.1 Å². The summed E-state index contributed by atoms with van der Waals surface area (Å²) in [6.07, 6.45) is -4.26. The number of nitrogens with one attached hydrogen (secondary N) is 2. The maximum absolute atomic E-state index is 14.4. The van der Waals surface area contributed by atoms with Crippen LogP contribution in [-0.4, -0.2) is 132 Å². The second kappa shape index (κ2) is 25.6. The fourth-order valence-electron chi connectivity index (χ4n) is 15.4. The minimum absolute atomic E-state index is 0.0114. The molecule has 6 aliphatic rings. The molecule has 8 bridgehead atoms.